The van der Waals surface area contributed by atoms with Gasteiger partial charge in [0.25, 0.3) is 5.92 Å². The number of rotatable bonds is 4. The molecule has 1 aromatic heterocycles. The molecule has 6 nitrogen and oxygen atoms in total. The number of carboxylic acids is 1. The molecule has 2 fully saturated rings. The number of carbonyl (C=O) groups is 1. The number of aliphatic carboxylic acids is 1. The molecule has 142 valence electrons. The van der Waals surface area contributed by atoms with E-state index in [1.165, 1.54) is 0 Å². The van der Waals surface area contributed by atoms with Crippen LogP contribution in [0.5, 0.6) is 0 Å². The predicted molar refractivity (Wildman–Crippen MR) is 92.9 cm³/mol. The fourth-order valence-electron chi connectivity index (χ4n) is 4.24. The van der Waals surface area contributed by atoms with Crippen molar-refractivity contribution < 1.29 is 18.7 Å². The number of aromatic nitrogens is 2. The van der Waals surface area contributed by atoms with Crippen LogP contribution in [0.25, 0.3) is 0 Å². The second-order valence-corrected chi connectivity index (χ2v) is 7.76. The van der Waals surface area contributed by atoms with Crippen LogP contribution >= 0.6 is 0 Å². The molecule has 3 heterocycles. The molecule has 0 unspecified atom stereocenters. The quantitative estimate of drug-likeness (QED) is 0.884. The van der Waals surface area contributed by atoms with E-state index >= 15 is 0 Å². The van der Waals surface area contributed by atoms with Gasteiger partial charge in [0, 0.05) is 44.1 Å². The van der Waals surface area contributed by atoms with Crippen LogP contribution in [0.4, 0.5) is 20.5 Å². The molecule has 2 atom stereocenters. The molecule has 1 aromatic rings. The van der Waals surface area contributed by atoms with Crippen LogP contribution in [0.2, 0.25) is 0 Å². The minimum absolute atomic E-state index is 0.0357. The van der Waals surface area contributed by atoms with Crippen molar-refractivity contribution in [3.63, 3.8) is 0 Å². The molecule has 3 aliphatic rings. The molecule has 0 bridgehead atoms. The Kier molecular flexibility index (Phi) is 4.23. The van der Waals surface area contributed by atoms with E-state index in [0.717, 1.165) is 19.4 Å². The summed E-state index contributed by atoms with van der Waals surface area (Å²) < 4.78 is 29.1. The molecule has 8 heteroatoms. The summed E-state index contributed by atoms with van der Waals surface area (Å²) in [6.45, 7) is 4.04. The monoisotopic (exact) mass is 366 g/mol. The first-order valence-corrected chi connectivity index (χ1v) is 9.38. The smallest absolute Gasteiger partial charge is 0.303 e. The maximum Gasteiger partial charge on any atom is 0.303 e. The van der Waals surface area contributed by atoms with Gasteiger partial charge < -0.3 is 14.9 Å². The third kappa shape index (κ3) is 2.99. The molecule has 4 rings (SSSR count). The molecule has 0 spiro atoms. The average Bonchev–Trinajstić information content (AvgIpc) is 3.00. The minimum Gasteiger partial charge on any atom is -0.481 e. The van der Waals surface area contributed by atoms with E-state index in [2.05, 4.69) is 9.97 Å². The fraction of sp³-hybridized carbons (Fsp3) is 0.722. The van der Waals surface area contributed by atoms with E-state index in [1.807, 2.05) is 16.7 Å². The normalized spacial score (nSPS) is 27.2. The lowest BCUT2D eigenvalue weighted by Crippen LogP contribution is -2.47. The Morgan fingerprint density at radius 2 is 2.12 bits per heavy atom. The number of alkyl halides is 2. The van der Waals surface area contributed by atoms with Crippen LogP contribution in [0.3, 0.4) is 0 Å². The van der Waals surface area contributed by atoms with Gasteiger partial charge in [0.15, 0.2) is 0 Å². The standard InChI is InChI=1S/C18H24F2N4O2/c1-11-4-8-24(11)17-21-15-13(3-2-6-18(15,19)20)16(22-17)23-7-5-12(10-23)9-14(25)26/h11-12H,2-10H2,1H3,(H,25,26)/t11-,12+/m0/s1. The van der Waals surface area contributed by atoms with Gasteiger partial charge in [0.2, 0.25) is 5.95 Å². The molecule has 2 saturated heterocycles. The maximum atomic E-state index is 14.6. The summed E-state index contributed by atoms with van der Waals surface area (Å²) >= 11 is 0. The lowest BCUT2D eigenvalue weighted by atomic mass is 9.92. The molecule has 2 aliphatic heterocycles. The van der Waals surface area contributed by atoms with Gasteiger partial charge in [0.05, 0.1) is 0 Å². The summed E-state index contributed by atoms with van der Waals surface area (Å²) in [6.07, 6.45) is 2.66. The summed E-state index contributed by atoms with van der Waals surface area (Å²) in [4.78, 5) is 23.9. The summed E-state index contributed by atoms with van der Waals surface area (Å²) in [6, 6.07) is 0.261. The Balaban J connectivity index is 1.71. The van der Waals surface area contributed by atoms with E-state index in [9.17, 15) is 13.6 Å². The van der Waals surface area contributed by atoms with E-state index in [-0.39, 0.29) is 30.5 Å². The van der Waals surface area contributed by atoms with Crippen molar-refractivity contribution in [2.24, 2.45) is 5.92 Å². The summed E-state index contributed by atoms with van der Waals surface area (Å²) in [5, 5.41) is 9.03. The van der Waals surface area contributed by atoms with Crippen molar-refractivity contribution in [3.05, 3.63) is 11.3 Å². The average molecular weight is 366 g/mol. The van der Waals surface area contributed by atoms with E-state index in [1.54, 1.807) is 0 Å². The Labute approximate surface area is 151 Å². The van der Waals surface area contributed by atoms with Crippen molar-refractivity contribution in [2.75, 3.05) is 29.4 Å². The molecule has 0 saturated carbocycles. The Morgan fingerprint density at radius 3 is 2.77 bits per heavy atom. The first-order valence-electron chi connectivity index (χ1n) is 9.38. The maximum absolute atomic E-state index is 14.6. The molecule has 1 N–H and O–H groups in total. The van der Waals surface area contributed by atoms with Crippen molar-refractivity contribution in [1.82, 2.24) is 9.97 Å². The highest BCUT2D eigenvalue weighted by Crippen LogP contribution is 2.44. The van der Waals surface area contributed by atoms with Gasteiger partial charge in [-0.05, 0) is 38.5 Å². The molecule has 1 aliphatic carbocycles. The minimum atomic E-state index is -2.92. The highest BCUT2D eigenvalue weighted by molar-refractivity contribution is 5.67. The molecule has 26 heavy (non-hydrogen) atoms. The van der Waals surface area contributed by atoms with Crippen molar-refractivity contribution >= 4 is 17.7 Å². The van der Waals surface area contributed by atoms with Gasteiger partial charge in [-0.15, -0.1) is 0 Å². The zero-order chi connectivity index (χ0) is 18.5. The second-order valence-electron chi connectivity index (χ2n) is 7.76. The van der Waals surface area contributed by atoms with E-state index < -0.39 is 11.9 Å². The third-order valence-corrected chi connectivity index (χ3v) is 5.86. The topological polar surface area (TPSA) is 69.6 Å². The largest absolute Gasteiger partial charge is 0.481 e. The van der Waals surface area contributed by atoms with E-state index in [4.69, 9.17) is 5.11 Å². The van der Waals surface area contributed by atoms with Crippen LogP contribution in [-0.4, -0.2) is 46.7 Å². The van der Waals surface area contributed by atoms with Crippen LogP contribution in [0.1, 0.15) is 50.3 Å². The fourth-order valence-corrected chi connectivity index (χ4v) is 4.24. The number of hydrogen-bond donors (Lipinski definition) is 1. The van der Waals surface area contributed by atoms with Gasteiger partial charge in [-0.2, -0.15) is 13.8 Å². The lowest BCUT2D eigenvalue weighted by molar-refractivity contribution is -0.137. The first-order chi connectivity index (χ1) is 12.3. The number of fused-ring (bicyclic) bond motifs is 1. The molecular formula is C18H24F2N4O2. The van der Waals surface area contributed by atoms with Crippen LogP contribution in [0, 0.1) is 5.92 Å². The van der Waals surface area contributed by atoms with Gasteiger partial charge in [-0.25, -0.2) is 4.98 Å². The Morgan fingerprint density at radius 1 is 1.31 bits per heavy atom. The van der Waals surface area contributed by atoms with Crippen LogP contribution < -0.4 is 9.80 Å². The number of hydrogen-bond acceptors (Lipinski definition) is 5. The van der Waals surface area contributed by atoms with Gasteiger partial charge in [0.1, 0.15) is 11.5 Å². The van der Waals surface area contributed by atoms with Crippen molar-refractivity contribution in [3.8, 4) is 0 Å². The SMILES string of the molecule is C[C@H]1CCN1c1nc(N2CC[C@H](CC(=O)O)C2)c2c(n1)C(F)(F)CCC2. The third-order valence-electron chi connectivity index (χ3n) is 5.86. The highest BCUT2D eigenvalue weighted by Gasteiger charge is 2.42. The zero-order valence-electron chi connectivity index (χ0n) is 14.9. The number of carboxylic acid groups (broad SMARTS) is 1. The highest BCUT2D eigenvalue weighted by atomic mass is 19.3. The van der Waals surface area contributed by atoms with Gasteiger partial charge >= 0.3 is 5.97 Å². The van der Waals surface area contributed by atoms with Crippen LogP contribution in [-0.2, 0) is 17.1 Å². The molecular weight excluding hydrogens is 342 g/mol. The molecule has 0 aromatic carbocycles. The Bertz CT molecular complexity index is 727. The summed E-state index contributed by atoms with van der Waals surface area (Å²) in [7, 11) is 0. The number of halogens is 2. The van der Waals surface area contributed by atoms with Crippen molar-refractivity contribution in [1.29, 1.82) is 0 Å². The second kappa shape index (κ2) is 6.32. The van der Waals surface area contributed by atoms with Crippen LogP contribution in [0.15, 0.2) is 0 Å². The van der Waals surface area contributed by atoms with Gasteiger partial charge in [-0.1, -0.05) is 0 Å². The summed E-state index contributed by atoms with van der Waals surface area (Å²) in [5.41, 5.74) is 0.429. The number of anilines is 2. The lowest BCUT2D eigenvalue weighted by Gasteiger charge is -2.40. The van der Waals surface area contributed by atoms with Gasteiger partial charge in [-0.3, -0.25) is 4.79 Å². The van der Waals surface area contributed by atoms with E-state index in [0.29, 0.717) is 43.3 Å². The molecule has 0 radical (unpaired) electrons. The number of nitrogens with zero attached hydrogens (tertiary/aromatic N) is 4. The van der Waals surface area contributed by atoms with Crippen molar-refractivity contribution in [2.45, 2.75) is 57.4 Å². The molecule has 0 amide bonds. The predicted octanol–water partition coefficient (Wildman–Crippen LogP) is 2.80. The zero-order valence-corrected chi connectivity index (χ0v) is 14.9. The first kappa shape index (κ1) is 17.4. The summed E-state index contributed by atoms with van der Waals surface area (Å²) in [5.74, 6) is -2.72. The Hall–Kier alpha value is -1.99.